The first-order valence-corrected chi connectivity index (χ1v) is 11.8. The van der Waals surface area contributed by atoms with Gasteiger partial charge in [-0.15, -0.1) is 0 Å². The van der Waals surface area contributed by atoms with Crippen molar-refractivity contribution in [3.63, 3.8) is 0 Å². The van der Waals surface area contributed by atoms with Crippen LogP contribution in [-0.4, -0.2) is 39.5 Å². The van der Waals surface area contributed by atoms with Gasteiger partial charge in [0, 0.05) is 23.6 Å². The second kappa shape index (κ2) is 9.35. The molecule has 0 aliphatic carbocycles. The second-order valence-electron chi connectivity index (χ2n) is 9.33. The van der Waals surface area contributed by atoms with Crippen LogP contribution in [0.25, 0.3) is 16.8 Å². The van der Waals surface area contributed by atoms with E-state index in [1.807, 2.05) is 85.3 Å². The molecule has 0 saturated carbocycles. The van der Waals surface area contributed by atoms with Gasteiger partial charge in [0.15, 0.2) is 0 Å². The number of aromatic nitrogens is 1. The first-order valence-electron chi connectivity index (χ1n) is 11.8. The van der Waals surface area contributed by atoms with E-state index in [1.54, 1.807) is 17.2 Å². The fraction of sp³-hybridized carbons (Fsp3) is 0.200. The first kappa shape index (κ1) is 22.8. The SMILES string of the molecule is CC1(C)OCC(Cc2ccccc2)N1C(=O)C(=O)c1ccn(-c2ccc(-c3ccccc3)cc2)c1. The topological polar surface area (TPSA) is 51.5 Å². The highest BCUT2D eigenvalue weighted by Gasteiger charge is 2.45. The van der Waals surface area contributed by atoms with Gasteiger partial charge in [-0.25, -0.2) is 0 Å². The van der Waals surface area contributed by atoms with Gasteiger partial charge in [-0.3, -0.25) is 9.59 Å². The Balaban J connectivity index is 1.34. The Labute approximate surface area is 205 Å². The monoisotopic (exact) mass is 464 g/mol. The molecule has 1 fully saturated rings. The summed E-state index contributed by atoms with van der Waals surface area (Å²) in [5.41, 5.74) is 3.81. The van der Waals surface area contributed by atoms with Gasteiger partial charge in [0.2, 0.25) is 0 Å². The van der Waals surface area contributed by atoms with E-state index in [0.29, 0.717) is 18.6 Å². The zero-order valence-corrected chi connectivity index (χ0v) is 19.9. The third-order valence-corrected chi connectivity index (χ3v) is 6.53. The Kier molecular flexibility index (Phi) is 6.10. The van der Waals surface area contributed by atoms with Gasteiger partial charge in [-0.1, -0.05) is 72.8 Å². The molecule has 0 spiro atoms. The van der Waals surface area contributed by atoms with Gasteiger partial charge in [-0.05, 0) is 55.2 Å². The standard InChI is InChI=1S/C30H28N2O3/c1-30(2)32(27(21-35-30)19-22-9-5-3-6-10-22)29(34)28(33)25-17-18-31(20-25)26-15-13-24(14-16-26)23-11-7-4-8-12-23/h3-18,20,27H,19,21H2,1-2H3. The minimum atomic E-state index is -0.845. The van der Waals surface area contributed by atoms with Crippen molar-refractivity contribution in [1.82, 2.24) is 9.47 Å². The lowest BCUT2D eigenvalue weighted by Gasteiger charge is -2.33. The molecule has 176 valence electrons. The third-order valence-electron chi connectivity index (χ3n) is 6.53. The number of carbonyl (C=O) groups is 2. The Morgan fingerprint density at radius 1 is 0.857 bits per heavy atom. The van der Waals surface area contributed by atoms with Crippen LogP contribution in [0.5, 0.6) is 0 Å². The van der Waals surface area contributed by atoms with Crippen LogP contribution in [0.15, 0.2) is 103 Å². The number of carbonyl (C=O) groups excluding carboxylic acids is 2. The van der Waals surface area contributed by atoms with Crippen molar-refractivity contribution in [1.29, 1.82) is 0 Å². The predicted molar refractivity (Wildman–Crippen MR) is 136 cm³/mol. The van der Waals surface area contributed by atoms with Gasteiger partial charge in [0.05, 0.1) is 12.6 Å². The third kappa shape index (κ3) is 4.68. The van der Waals surface area contributed by atoms with Crippen molar-refractivity contribution < 1.29 is 14.3 Å². The van der Waals surface area contributed by atoms with Gasteiger partial charge < -0.3 is 14.2 Å². The molecule has 1 aliphatic heterocycles. The van der Waals surface area contributed by atoms with Crippen molar-refractivity contribution in [3.8, 4) is 16.8 Å². The predicted octanol–water partition coefficient (Wildman–Crippen LogP) is 5.53. The van der Waals surface area contributed by atoms with E-state index in [2.05, 4.69) is 24.3 Å². The zero-order valence-electron chi connectivity index (χ0n) is 19.9. The van der Waals surface area contributed by atoms with Crippen molar-refractivity contribution in [2.75, 3.05) is 6.61 Å². The van der Waals surface area contributed by atoms with Crippen molar-refractivity contribution in [3.05, 3.63) is 115 Å². The van der Waals surface area contributed by atoms with E-state index in [0.717, 1.165) is 22.4 Å². The minimum Gasteiger partial charge on any atom is -0.354 e. The van der Waals surface area contributed by atoms with Crippen LogP contribution in [-0.2, 0) is 16.0 Å². The largest absolute Gasteiger partial charge is 0.354 e. The average molecular weight is 465 g/mol. The van der Waals surface area contributed by atoms with Gasteiger partial charge in [0.1, 0.15) is 5.72 Å². The molecule has 0 N–H and O–H groups in total. The molecule has 4 aromatic rings. The van der Waals surface area contributed by atoms with E-state index < -0.39 is 17.4 Å². The Bertz CT molecular complexity index is 1330. The average Bonchev–Trinajstić information content (AvgIpc) is 3.49. The summed E-state index contributed by atoms with van der Waals surface area (Å²) in [5.74, 6) is -1.06. The Morgan fingerprint density at radius 2 is 1.49 bits per heavy atom. The number of rotatable bonds is 6. The molecule has 5 rings (SSSR count). The molecule has 1 saturated heterocycles. The molecule has 5 heteroatoms. The second-order valence-corrected chi connectivity index (χ2v) is 9.33. The Hall–Kier alpha value is -3.96. The lowest BCUT2D eigenvalue weighted by atomic mass is 10.0. The summed E-state index contributed by atoms with van der Waals surface area (Å²) in [6.45, 7) is 4.07. The number of hydrogen-bond acceptors (Lipinski definition) is 3. The van der Waals surface area contributed by atoms with E-state index >= 15 is 0 Å². The molecule has 1 amide bonds. The molecular weight excluding hydrogens is 436 g/mol. The molecule has 1 atom stereocenters. The van der Waals surface area contributed by atoms with E-state index in [1.165, 1.54) is 0 Å². The number of hydrogen-bond donors (Lipinski definition) is 0. The number of Topliss-reactive ketones (excluding diaryl/α,β-unsaturated/α-hetero) is 1. The normalized spacial score (nSPS) is 16.9. The van der Waals surface area contributed by atoms with Crippen LogP contribution in [0.1, 0.15) is 29.8 Å². The highest BCUT2D eigenvalue weighted by atomic mass is 16.5. The lowest BCUT2D eigenvalue weighted by Crippen LogP contribution is -2.51. The maximum absolute atomic E-state index is 13.4. The summed E-state index contributed by atoms with van der Waals surface area (Å²) in [5, 5.41) is 0. The number of amides is 1. The van der Waals surface area contributed by atoms with Crippen molar-refractivity contribution in [2.45, 2.75) is 32.0 Å². The molecule has 2 heterocycles. The summed E-state index contributed by atoms with van der Waals surface area (Å²) in [7, 11) is 0. The van der Waals surface area contributed by atoms with Gasteiger partial charge >= 0.3 is 0 Å². The van der Waals surface area contributed by atoms with Crippen LogP contribution in [0.4, 0.5) is 0 Å². The van der Waals surface area contributed by atoms with Gasteiger partial charge in [-0.2, -0.15) is 0 Å². The lowest BCUT2D eigenvalue weighted by molar-refractivity contribution is -0.140. The van der Waals surface area contributed by atoms with E-state index in [4.69, 9.17) is 4.74 Å². The summed E-state index contributed by atoms with van der Waals surface area (Å²) < 4.78 is 7.78. The molecule has 1 aromatic heterocycles. The van der Waals surface area contributed by atoms with Crippen LogP contribution >= 0.6 is 0 Å². The quantitative estimate of drug-likeness (QED) is 0.278. The summed E-state index contributed by atoms with van der Waals surface area (Å²) in [6.07, 6.45) is 4.16. The van der Waals surface area contributed by atoms with Crippen LogP contribution < -0.4 is 0 Å². The van der Waals surface area contributed by atoms with Crippen LogP contribution in [0.2, 0.25) is 0 Å². The van der Waals surface area contributed by atoms with Gasteiger partial charge in [0.25, 0.3) is 11.7 Å². The minimum absolute atomic E-state index is 0.198. The summed E-state index contributed by atoms with van der Waals surface area (Å²) >= 11 is 0. The number of ether oxygens (including phenoxy) is 1. The Morgan fingerprint density at radius 3 is 2.17 bits per heavy atom. The molecule has 0 bridgehead atoms. The maximum Gasteiger partial charge on any atom is 0.297 e. The highest BCUT2D eigenvalue weighted by molar-refractivity contribution is 6.42. The van der Waals surface area contributed by atoms with Crippen molar-refractivity contribution >= 4 is 11.7 Å². The fourth-order valence-electron chi connectivity index (χ4n) is 4.71. The number of nitrogens with zero attached hydrogens (tertiary/aromatic N) is 2. The van der Waals surface area contributed by atoms with E-state index in [-0.39, 0.29) is 6.04 Å². The molecule has 5 nitrogen and oxygen atoms in total. The first-order chi connectivity index (χ1) is 16.9. The molecule has 0 radical (unpaired) electrons. The maximum atomic E-state index is 13.4. The highest BCUT2D eigenvalue weighted by Crippen LogP contribution is 2.30. The number of ketones is 1. The molecule has 1 aliphatic rings. The molecule has 3 aromatic carbocycles. The summed E-state index contributed by atoms with van der Waals surface area (Å²) in [4.78, 5) is 28.2. The summed E-state index contributed by atoms with van der Waals surface area (Å²) in [6, 6.07) is 29.7. The van der Waals surface area contributed by atoms with Crippen molar-refractivity contribution in [2.24, 2.45) is 0 Å². The van der Waals surface area contributed by atoms with Crippen LogP contribution in [0, 0.1) is 0 Å². The fourth-order valence-corrected chi connectivity index (χ4v) is 4.71. The molecule has 35 heavy (non-hydrogen) atoms. The smallest absolute Gasteiger partial charge is 0.297 e. The zero-order chi connectivity index (χ0) is 24.4. The molecule has 1 unspecified atom stereocenters. The number of benzene rings is 3. The van der Waals surface area contributed by atoms with Crippen LogP contribution in [0.3, 0.4) is 0 Å². The molecular formula is C30H28N2O3. The van der Waals surface area contributed by atoms with E-state index in [9.17, 15) is 9.59 Å².